The fourth-order valence-corrected chi connectivity index (χ4v) is 8.35. The number of carbonyl (C=O) groups excluding carboxylic acids is 2. The van der Waals surface area contributed by atoms with Gasteiger partial charge in [-0.2, -0.15) is 10.5 Å². The second-order valence-corrected chi connectivity index (χ2v) is 17.5. The summed E-state index contributed by atoms with van der Waals surface area (Å²) in [6, 6.07) is 26.4. The Labute approximate surface area is 400 Å². The number of amides is 2. The molecule has 0 saturated heterocycles. The highest BCUT2D eigenvalue weighted by atomic mass is 35.5. The Morgan fingerprint density at radius 1 is 0.691 bits per heavy atom. The van der Waals surface area contributed by atoms with E-state index in [9.17, 15) is 20.1 Å². The summed E-state index contributed by atoms with van der Waals surface area (Å²) in [5.41, 5.74) is 9.43. The van der Waals surface area contributed by atoms with E-state index in [2.05, 4.69) is 43.4 Å². The molecule has 0 radical (unpaired) electrons. The van der Waals surface area contributed by atoms with E-state index in [1.165, 1.54) is 0 Å². The highest BCUT2D eigenvalue weighted by molar-refractivity contribution is 6.34. The largest absolute Gasteiger partial charge is 0.396 e. The molecular formula is C50H46Cl2N12O4. The molecule has 4 aromatic carbocycles. The number of unbranched alkanes of at least 4 members (excludes halogenated alkanes) is 1. The number of aliphatic hydroxyl groups is 1. The average Bonchev–Trinajstić information content (AvgIpc) is 4.26. The molecule has 344 valence electrons. The lowest BCUT2D eigenvalue weighted by atomic mass is 10.1. The van der Waals surface area contributed by atoms with Gasteiger partial charge in [0.2, 0.25) is 0 Å². The maximum Gasteiger partial charge on any atom is 0.253 e. The van der Waals surface area contributed by atoms with Crippen LogP contribution in [0.4, 0.5) is 11.6 Å². The Balaban J connectivity index is 0.000000170. The van der Waals surface area contributed by atoms with E-state index < -0.39 is 0 Å². The minimum absolute atomic E-state index is 0.136. The Bertz CT molecular complexity index is 3090. The van der Waals surface area contributed by atoms with Crippen molar-refractivity contribution < 1.29 is 19.4 Å². The zero-order chi connectivity index (χ0) is 47.3. The van der Waals surface area contributed by atoms with Crippen LogP contribution in [0, 0.1) is 22.7 Å². The van der Waals surface area contributed by atoms with E-state index in [4.69, 9.17) is 43.0 Å². The average molecular weight is 950 g/mol. The molecule has 2 amide bonds. The van der Waals surface area contributed by atoms with Crippen LogP contribution in [0.2, 0.25) is 10.0 Å². The number of fused-ring (bicyclic) bond motifs is 6. The lowest BCUT2D eigenvalue weighted by Crippen LogP contribution is -2.25. The van der Waals surface area contributed by atoms with Crippen molar-refractivity contribution in [2.24, 2.45) is 0 Å². The van der Waals surface area contributed by atoms with Crippen LogP contribution in [0.1, 0.15) is 76.8 Å². The van der Waals surface area contributed by atoms with Crippen LogP contribution >= 0.6 is 23.2 Å². The van der Waals surface area contributed by atoms with Crippen molar-refractivity contribution in [3.8, 4) is 34.7 Å². The molecule has 4 aromatic heterocycles. The van der Waals surface area contributed by atoms with Crippen molar-refractivity contribution in [3.05, 3.63) is 117 Å². The molecule has 2 saturated carbocycles. The topological polar surface area (TPSA) is 220 Å². The molecule has 0 atom stereocenters. The second kappa shape index (κ2) is 20.3. The van der Waals surface area contributed by atoms with Crippen molar-refractivity contribution in [1.82, 2.24) is 39.4 Å². The first kappa shape index (κ1) is 45.8. The number of aliphatic hydroxyl groups excluding tert-OH is 1. The number of nitrogens with zero attached hydrogens (tertiary/aromatic N) is 8. The zero-order valence-electron chi connectivity index (χ0n) is 37.0. The van der Waals surface area contributed by atoms with Gasteiger partial charge in [-0.3, -0.25) is 18.4 Å². The van der Waals surface area contributed by atoms with E-state index in [0.29, 0.717) is 92.4 Å². The van der Waals surface area contributed by atoms with Gasteiger partial charge in [-0.05, 0) is 106 Å². The third kappa shape index (κ3) is 9.86. The van der Waals surface area contributed by atoms with Gasteiger partial charge in [-0.25, -0.2) is 19.9 Å². The van der Waals surface area contributed by atoms with Crippen LogP contribution in [0.5, 0.6) is 0 Å². The number of nitrogens with one attached hydrogen (secondary N) is 4. The number of hydrogen-bond donors (Lipinski definition) is 5. The van der Waals surface area contributed by atoms with Gasteiger partial charge in [-0.1, -0.05) is 35.3 Å². The fraction of sp³-hybridized carbons (Fsp3) is 0.280. The first-order valence-corrected chi connectivity index (χ1v) is 23.1. The summed E-state index contributed by atoms with van der Waals surface area (Å²) in [6.07, 6.45) is 9.85. The molecule has 0 spiro atoms. The van der Waals surface area contributed by atoms with E-state index in [0.717, 1.165) is 72.1 Å². The third-order valence-corrected chi connectivity index (χ3v) is 12.3. The SMILES string of the molecule is COCCCNc1nc2cc(C#N)ccc2n2c(-c3ccc(C(=O)NC4CC4)c(Cl)c3)cnc12.N#Cc1ccc2c(c1)nc(NCCCCO)c1ncc(-c3ccc(C(=O)NC4CC4)c(Cl)c3)n12. The van der Waals surface area contributed by atoms with Gasteiger partial charge in [0.05, 0.1) is 90.3 Å². The summed E-state index contributed by atoms with van der Waals surface area (Å²) < 4.78 is 9.11. The number of anilines is 2. The summed E-state index contributed by atoms with van der Waals surface area (Å²) in [5, 5.41) is 41.1. The van der Waals surface area contributed by atoms with Gasteiger partial charge in [0.15, 0.2) is 22.9 Å². The number of benzene rings is 4. The van der Waals surface area contributed by atoms with Crippen LogP contribution in [-0.4, -0.2) is 91.2 Å². The molecule has 2 fully saturated rings. The number of ether oxygens (including phenoxy) is 1. The van der Waals surface area contributed by atoms with Crippen LogP contribution < -0.4 is 21.3 Å². The van der Waals surface area contributed by atoms with E-state index >= 15 is 0 Å². The number of imidazole rings is 2. The molecular weight excluding hydrogens is 904 g/mol. The van der Waals surface area contributed by atoms with Crippen LogP contribution in [0.15, 0.2) is 85.2 Å². The molecule has 10 rings (SSSR count). The zero-order valence-corrected chi connectivity index (χ0v) is 38.5. The van der Waals surface area contributed by atoms with E-state index in [1.807, 2.05) is 33.1 Å². The number of rotatable bonds is 16. The van der Waals surface area contributed by atoms with Gasteiger partial charge in [0.1, 0.15) is 0 Å². The summed E-state index contributed by atoms with van der Waals surface area (Å²) in [6.45, 7) is 2.06. The lowest BCUT2D eigenvalue weighted by molar-refractivity contribution is 0.0942. The Hall–Kier alpha value is -7.34. The molecule has 5 N–H and O–H groups in total. The highest BCUT2D eigenvalue weighted by Gasteiger charge is 2.27. The van der Waals surface area contributed by atoms with Gasteiger partial charge < -0.3 is 31.1 Å². The lowest BCUT2D eigenvalue weighted by Gasteiger charge is -2.12. The second-order valence-electron chi connectivity index (χ2n) is 16.7. The number of nitriles is 2. The van der Waals surface area contributed by atoms with E-state index in [-0.39, 0.29) is 30.5 Å². The van der Waals surface area contributed by atoms with Gasteiger partial charge >= 0.3 is 0 Å². The summed E-state index contributed by atoms with van der Waals surface area (Å²) in [7, 11) is 1.67. The highest BCUT2D eigenvalue weighted by Crippen LogP contribution is 2.34. The number of halogens is 2. The summed E-state index contributed by atoms with van der Waals surface area (Å²) in [4.78, 5) is 43.7. The molecule has 0 bridgehead atoms. The van der Waals surface area contributed by atoms with Crippen LogP contribution in [0.3, 0.4) is 0 Å². The standard InChI is InChI=1S/2C25H23ClN6O2/c1-34-10-2-9-28-23-24-29-14-22(32(24)21-8-3-15(13-27)11-20(21)31-23)16-4-7-18(19(26)12-16)25(33)30-17-5-6-17;26-19-12-16(4-7-18(19)25(34)30-17-5-6-17)22-14-29-24-23(28-9-1-2-10-33)31-20-11-15(13-27)3-8-21(20)32(22)24/h3-4,7-8,11-12,14,17H,2,5-6,9-10H2,1H3,(H,28,31)(H,30,33);3-4,7-8,11-12,14,17,33H,1-2,5-6,9-10H2,(H,28,31)(H,30,34). The Morgan fingerprint density at radius 3 is 1.57 bits per heavy atom. The van der Waals surface area contributed by atoms with Gasteiger partial charge in [0.25, 0.3) is 11.8 Å². The molecule has 0 unspecified atom stereocenters. The number of methoxy groups -OCH3 is 1. The van der Waals surface area contributed by atoms with Crippen molar-refractivity contribution in [1.29, 1.82) is 10.5 Å². The molecule has 8 aromatic rings. The molecule has 2 aliphatic carbocycles. The molecule has 18 heteroatoms. The van der Waals surface area contributed by atoms with Gasteiger partial charge in [0, 0.05) is 56.6 Å². The number of hydrogen-bond acceptors (Lipinski definition) is 12. The Kier molecular flexibility index (Phi) is 13.6. The first-order chi connectivity index (χ1) is 33.2. The normalized spacial score (nSPS) is 13.2. The van der Waals surface area contributed by atoms with Crippen molar-refractivity contribution >= 4 is 80.0 Å². The predicted molar refractivity (Wildman–Crippen MR) is 262 cm³/mol. The van der Waals surface area contributed by atoms with Crippen molar-refractivity contribution in [2.75, 3.05) is 44.0 Å². The summed E-state index contributed by atoms with van der Waals surface area (Å²) in [5.74, 6) is 0.901. The van der Waals surface area contributed by atoms with Crippen LogP contribution in [0.25, 0.3) is 55.9 Å². The minimum atomic E-state index is -0.162. The molecule has 0 aliphatic heterocycles. The van der Waals surface area contributed by atoms with Gasteiger partial charge in [-0.15, -0.1) is 0 Å². The number of aromatic nitrogens is 6. The molecule has 4 heterocycles. The minimum Gasteiger partial charge on any atom is -0.396 e. The van der Waals surface area contributed by atoms with E-state index in [1.54, 1.807) is 68.0 Å². The maximum atomic E-state index is 12.5. The first-order valence-electron chi connectivity index (χ1n) is 22.4. The summed E-state index contributed by atoms with van der Waals surface area (Å²) >= 11 is 13.0. The fourth-order valence-electron chi connectivity index (χ4n) is 7.82. The third-order valence-electron chi connectivity index (χ3n) is 11.6. The number of carbonyl (C=O) groups is 2. The van der Waals surface area contributed by atoms with Crippen molar-refractivity contribution in [2.45, 2.75) is 57.0 Å². The maximum absolute atomic E-state index is 12.5. The smallest absolute Gasteiger partial charge is 0.253 e. The van der Waals surface area contributed by atoms with Crippen LogP contribution in [-0.2, 0) is 4.74 Å². The Morgan fingerprint density at radius 2 is 1.16 bits per heavy atom. The quantitative estimate of drug-likeness (QED) is 0.0576. The molecule has 68 heavy (non-hydrogen) atoms. The monoisotopic (exact) mass is 948 g/mol. The molecule has 2 aliphatic rings. The van der Waals surface area contributed by atoms with Crippen molar-refractivity contribution in [3.63, 3.8) is 0 Å². The molecule has 16 nitrogen and oxygen atoms in total. The predicted octanol–water partition coefficient (Wildman–Crippen LogP) is 8.57.